The second-order valence-electron chi connectivity index (χ2n) is 3.60. The molecule has 0 aromatic heterocycles. The zero-order chi connectivity index (χ0) is 12.6. The van der Waals surface area contributed by atoms with Crippen LogP contribution >= 0.6 is 0 Å². The fourth-order valence-electron chi connectivity index (χ4n) is 1.71. The van der Waals surface area contributed by atoms with Crippen LogP contribution in [0.5, 0.6) is 5.75 Å². The molecule has 0 saturated carbocycles. The quantitative estimate of drug-likeness (QED) is 0.811. The van der Waals surface area contributed by atoms with Crippen molar-refractivity contribution in [3.63, 3.8) is 0 Å². The predicted octanol–water partition coefficient (Wildman–Crippen LogP) is 0.0793. The molecule has 1 heterocycles. The molecule has 1 amide bonds. The van der Waals surface area contributed by atoms with Crippen molar-refractivity contribution >= 4 is 21.6 Å². The first-order chi connectivity index (χ1) is 7.93. The molecule has 1 aliphatic rings. The number of hydrogen-bond acceptors (Lipinski definition) is 4. The number of nitrogens with zero attached hydrogens (tertiary/aromatic N) is 1. The van der Waals surface area contributed by atoms with Gasteiger partial charge in [0.25, 0.3) is 5.91 Å². The lowest BCUT2D eigenvalue weighted by molar-refractivity contribution is -0.121. The summed E-state index contributed by atoms with van der Waals surface area (Å²) < 4.78 is 27.7. The number of amides is 1. The van der Waals surface area contributed by atoms with Gasteiger partial charge in [0.05, 0.1) is 10.6 Å². The second-order valence-corrected chi connectivity index (χ2v) is 5.16. The molecular formula is C10H12N2O4S. The van der Waals surface area contributed by atoms with Crippen molar-refractivity contribution in [3.05, 3.63) is 18.2 Å². The number of ether oxygens (including phenoxy) is 1. The van der Waals surface area contributed by atoms with Gasteiger partial charge in [-0.2, -0.15) is 0 Å². The van der Waals surface area contributed by atoms with Crippen molar-refractivity contribution in [3.8, 4) is 5.75 Å². The van der Waals surface area contributed by atoms with E-state index >= 15 is 0 Å². The maximum atomic E-state index is 11.6. The molecule has 0 aliphatic carbocycles. The molecule has 2 rings (SSSR count). The van der Waals surface area contributed by atoms with Crippen LogP contribution in [-0.4, -0.2) is 27.5 Å². The molecule has 7 heteroatoms. The molecule has 0 fully saturated rings. The molecule has 0 spiro atoms. The van der Waals surface area contributed by atoms with Crippen molar-refractivity contribution in [2.45, 2.75) is 11.8 Å². The standard InChI is InChI=1S/C10H12N2O4S/c1-2-12-8-5-7(17(11,14)15)3-4-9(8)16-6-10(12)13/h3-5H,2,6H2,1H3,(H2,11,14,15). The van der Waals surface area contributed by atoms with E-state index in [-0.39, 0.29) is 17.4 Å². The highest BCUT2D eigenvalue weighted by molar-refractivity contribution is 7.89. The average Bonchev–Trinajstić information content (AvgIpc) is 2.27. The van der Waals surface area contributed by atoms with E-state index in [9.17, 15) is 13.2 Å². The summed E-state index contributed by atoms with van der Waals surface area (Å²) in [5, 5.41) is 5.04. The molecule has 0 radical (unpaired) electrons. The number of primary sulfonamides is 1. The van der Waals surface area contributed by atoms with Crippen molar-refractivity contribution in [2.24, 2.45) is 5.14 Å². The molecule has 2 N–H and O–H groups in total. The molecule has 92 valence electrons. The minimum atomic E-state index is -3.78. The fraction of sp³-hybridized carbons (Fsp3) is 0.300. The Labute approximate surface area is 99.0 Å². The van der Waals surface area contributed by atoms with E-state index in [0.717, 1.165) is 0 Å². The minimum absolute atomic E-state index is 0.0322. The summed E-state index contributed by atoms with van der Waals surface area (Å²) in [6, 6.07) is 4.22. The number of fused-ring (bicyclic) bond motifs is 1. The van der Waals surface area contributed by atoms with Gasteiger partial charge in [-0.15, -0.1) is 0 Å². The van der Waals surface area contributed by atoms with Gasteiger partial charge < -0.3 is 9.64 Å². The number of likely N-dealkylation sites (N-methyl/N-ethyl adjacent to an activating group) is 1. The Morgan fingerprint density at radius 2 is 2.18 bits per heavy atom. The third-order valence-corrected chi connectivity index (χ3v) is 3.43. The molecule has 6 nitrogen and oxygen atoms in total. The van der Waals surface area contributed by atoms with Gasteiger partial charge >= 0.3 is 0 Å². The molecule has 1 aromatic carbocycles. The molecular weight excluding hydrogens is 244 g/mol. The first-order valence-electron chi connectivity index (χ1n) is 5.03. The third kappa shape index (κ3) is 2.11. The van der Waals surface area contributed by atoms with Crippen molar-refractivity contribution in [2.75, 3.05) is 18.1 Å². The molecule has 0 unspecified atom stereocenters. The van der Waals surface area contributed by atoms with Crippen LogP contribution < -0.4 is 14.8 Å². The summed E-state index contributed by atoms with van der Waals surface area (Å²) in [6.07, 6.45) is 0. The van der Waals surface area contributed by atoms with Crippen LogP contribution in [-0.2, 0) is 14.8 Å². The highest BCUT2D eigenvalue weighted by Crippen LogP contribution is 2.33. The Bertz CT molecular complexity index is 568. The number of nitrogens with two attached hydrogens (primary N) is 1. The van der Waals surface area contributed by atoms with Gasteiger partial charge in [0.2, 0.25) is 10.0 Å². The predicted molar refractivity (Wildman–Crippen MR) is 61.3 cm³/mol. The number of carbonyl (C=O) groups is 1. The molecule has 17 heavy (non-hydrogen) atoms. The molecule has 0 bridgehead atoms. The van der Waals surface area contributed by atoms with Crippen LogP contribution in [0.3, 0.4) is 0 Å². The summed E-state index contributed by atoms with van der Waals surface area (Å²) >= 11 is 0. The summed E-state index contributed by atoms with van der Waals surface area (Å²) in [5.74, 6) is 0.283. The smallest absolute Gasteiger partial charge is 0.265 e. The summed E-state index contributed by atoms with van der Waals surface area (Å²) in [4.78, 5) is 13.0. The van der Waals surface area contributed by atoms with Gasteiger partial charge in [-0.05, 0) is 25.1 Å². The maximum Gasteiger partial charge on any atom is 0.265 e. The van der Waals surface area contributed by atoms with Gasteiger partial charge in [-0.1, -0.05) is 0 Å². The normalized spacial score (nSPS) is 15.4. The van der Waals surface area contributed by atoms with E-state index in [4.69, 9.17) is 9.88 Å². The van der Waals surface area contributed by atoms with Crippen LogP contribution in [0.4, 0.5) is 5.69 Å². The zero-order valence-corrected chi connectivity index (χ0v) is 10.0. The van der Waals surface area contributed by atoms with Crippen molar-refractivity contribution < 1.29 is 17.9 Å². The number of hydrogen-bond donors (Lipinski definition) is 1. The minimum Gasteiger partial charge on any atom is -0.482 e. The maximum absolute atomic E-state index is 11.6. The van der Waals surface area contributed by atoms with Crippen LogP contribution in [0.2, 0.25) is 0 Å². The molecule has 1 aromatic rings. The van der Waals surface area contributed by atoms with Crippen LogP contribution in [0.1, 0.15) is 6.92 Å². The van der Waals surface area contributed by atoms with Crippen molar-refractivity contribution in [1.82, 2.24) is 0 Å². The first-order valence-corrected chi connectivity index (χ1v) is 6.58. The number of carbonyl (C=O) groups excluding carboxylic acids is 1. The van der Waals surface area contributed by atoms with Gasteiger partial charge in [-0.25, -0.2) is 13.6 Å². The van der Waals surface area contributed by atoms with Crippen molar-refractivity contribution in [1.29, 1.82) is 0 Å². The third-order valence-electron chi connectivity index (χ3n) is 2.52. The SMILES string of the molecule is CCN1C(=O)COc2ccc(S(N)(=O)=O)cc21. The Morgan fingerprint density at radius 1 is 1.47 bits per heavy atom. The summed E-state index contributed by atoms with van der Waals surface area (Å²) in [6.45, 7) is 2.22. The molecule has 1 aliphatic heterocycles. The summed E-state index contributed by atoms with van der Waals surface area (Å²) in [5.41, 5.74) is 0.440. The number of rotatable bonds is 2. The molecule has 0 saturated heterocycles. The van der Waals surface area contributed by atoms with E-state index < -0.39 is 10.0 Å². The van der Waals surface area contributed by atoms with Gasteiger partial charge in [0, 0.05) is 6.54 Å². The highest BCUT2D eigenvalue weighted by atomic mass is 32.2. The fourth-order valence-corrected chi connectivity index (χ4v) is 2.24. The van der Waals surface area contributed by atoms with E-state index in [0.29, 0.717) is 18.0 Å². The van der Waals surface area contributed by atoms with E-state index in [1.807, 2.05) is 0 Å². The largest absolute Gasteiger partial charge is 0.482 e. The van der Waals surface area contributed by atoms with Gasteiger partial charge in [0.1, 0.15) is 5.75 Å². The monoisotopic (exact) mass is 256 g/mol. The summed E-state index contributed by atoms with van der Waals surface area (Å²) in [7, 11) is -3.78. The Hall–Kier alpha value is -1.60. The lowest BCUT2D eigenvalue weighted by atomic mass is 10.2. The zero-order valence-electron chi connectivity index (χ0n) is 9.21. The van der Waals surface area contributed by atoms with E-state index in [2.05, 4.69) is 0 Å². The topological polar surface area (TPSA) is 89.7 Å². The average molecular weight is 256 g/mol. The van der Waals surface area contributed by atoms with Gasteiger partial charge in [-0.3, -0.25) is 4.79 Å². The van der Waals surface area contributed by atoms with Crippen LogP contribution in [0.15, 0.2) is 23.1 Å². The number of anilines is 1. The van der Waals surface area contributed by atoms with Gasteiger partial charge in [0.15, 0.2) is 6.61 Å². The lowest BCUT2D eigenvalue weighted by Gasteiger charge is -2.28. The van der Waals surface area contributed by atoms with Crippen LogP contribution in [0.25, 0.3) is 0 Å². The van der Waals surface area contributed by atoms with Crippen LogP contribution in [0, 0.1) is 0 Å². The lowest BCUT2D eigenvalue weighted by Crippen LogP contribution is -2.38. The highest BCUT2D eigenvalue weighted by Gasteiger charge is 2.25. The number of benzene rings is 1. The first kappa shape index (κ1) is 11.9. The molecule has 0 atom stereocenters. The number of sulfonamides is 1. The Morgan fingerprint density at radius 3 is 2.76 bits per heavy atom. The Balaban J connectivity index is 2.57. The Kier molecular flexibility index (Phi) is 2.80. The second kappa shape index (κ2) is 4.01. The van der Waals surface area contributed by atoms with E-state index in [1.165, 1.54) is 23.1 Å². The van der Waals surface area contributed by atoms with E-state index in [1.54, 1.807) is 6.92 Å².